The van der Waals surface area contributed by atoms with E-state index in [9.17, 15) is 14.0 Å². The number of amides is 2. The number of morpholine rings is 1. The third-order valence-corrected chi connectivity index (χ3v) is 7.21. The molecule has 0 radical (unpaired) electrons. The summed E-state index contributed by atoms with van der Waals surface area (Å²) in [7, 11) is 0. The summed E-state index contributed by atoms with van der Waals surface area (Å²) in [5, 5.41) is 0.223. The van der Waals surface area contributed by atoms with Gasteiger partial charge in [-0.3, -0.25) is 9.59 Å². The Hall–Kier alpha value is -2.64. The van der Waals surface area contributed by atoms with Crippen molar-refractivity contribution in [3.05, 3.63) is 64.4 Å². The van der Waals surface area contributed by atoms with Crippen molar-refractivity contribution in [2.75, 3.05) is 39.4 Å². The molecular formula is C27H32ClFN2O4. The van der Waals surface area contributed by atoms with Gasteiger partial charge in [-0.25, -0.2) is 4.39 Å². The van der Waals surface area contributed by atoms with E-state index in [1.165, 1.54) is 12.1 Å². The molecule has 0 N–H and O–H groups in total. The number of benzene rings is 2. The van der Waals surface area contributed by atoms with Crippen LogP contribution in [0.25, 0.3) is 0 Å². The van der Waals surface area contributed by atoms with Crippen molar-refractivity contribution in [1.82, 2.24) is 9.80 Å². The summed E-state index contributed by atoms with van der Waals surface area (Å²) in [6, 6.07) is 12.4. The van der Waals surface area contributed by atoms with E-state index < -0.39 is 11.4 Å². The zero-order valence-electron chi connectivity index (χ0n) is 20.1. The molecule has 1 saturated heterocycles. The van der Waals surface area contributed by atoms with Crippen molar-refractivity contribution in [2.45, 2.75) is 44.6 Å². The molecule has 1 spiro atoms. The Morgan fingerprint density at radius 1 is 1.11 bits per heavy atom. The summed E-state index contributed by atoms with van der Waals surface area (Å²) >= 11 is 6.15. The number of nitrogens with zero attached hydrogens (tertiary/aromatic N) is 2. The van der Waals surface area contributed by atoms with Crippen LogP contribution in [0.1, 0.15) is 37.3 Å². The molecule has 8 heteroatoms. The molecule has 2 aliphatic rings. The molecule has 2 amide bonds. The number of hydrogen-bond acceptors (Lipinski definition) is 4. The van der Waals surface area contributed by atoms with E-state index in [1.54, 1.807) is 15.9 Å². The van der Waals surface area contributed by atoms with E-state index in [2.05, 4.69) is 6.07 Å². The minimum absolute atomic E-state index is 0.126. The van der Waals surface area contributed by atoms with Crippen LogP contribution >= 0.6 is 11.6 Å². The van der Waals surface area contributed by atoms with Gasteiger partial charge in [0.15, 0.2) is 5.60 Å². The molecule has 35 heavy (non-hydrogen) atoms. The second-order valence-corrected chi connectivity index (χ2v) is 9.49. The molecule has 188 valence electrons. The summed E-state index contributed by atoms with van der Waals surface area (Å²) in [5.74, 6) is -0.0325. The molecule has 2 aromatic carbocycles. The number of halogens is 2. The van der Waals surface area contributed by atoms with Crippen LogP contribution in [-0.2, 0) is 27.2 Å². The fourth-order valence-electron chi connectivity index (χ4n) is 4.88. The molecule has 6 nitrogen and oxygen atoms in total. The Balaban J connectivity index is 1.54. The maximum atomic E-state index is 14.3. The van der Waals surface area contributed by atoms with Gasteiger partial charge in [0, 0.05) is 23.7 Å². The topological polar surface area (TPSA) is 59.1 Å². The third-order valence-electron chi connectivity index (χ3n) is 6.86. The Morgan fingerprint density at radius 3 is 2.74 bits per heavy atom. The van der Waals surface area contributed by atoms with E-state index >= 15 is 0 Å². The third kappa shape index (κ3) is 5.78. The number of likely N-dealkylation sites (N-methyl/N-ethyl adjacent to an activating group) is 1. The van der Waals surface area contributed by atoms with Gasteiger partial charge in [0.25, 0.3) is 5.91 Å². The molecule has 2 heterocycles. The van der Waals surface area contributed by atoms with Crippen LogP contribution in [0.2, 0.25) is 5.02 Å². The Kier molecular flexibility index (Phi) is 8.29. The van der Waals surface area contributed by atoms with Crippen molar-refractivity contribution >= 4 is 23.4 Å². The lowest BCUT2D eigenvalue weighted by Crippen LogP contribution is -2.62. The molecule has 1 fully saturated rings. The van der Waals surface area contributed by atoms with Crippen LogP contribution in [-0.4, -0.2) is 66.6 Å². The number of hydrogen-bond donors (Lipinski definition) is 0. The molecule has 1 atom stereocenters. The number of fused-ring (bicyclic) bond motifs is 1. The summed E-state index contributed by atoms with van der Waals surface area (Å²) < 4.78 is 26.5. The van der Waals surface area contributed by atoms with Crippen molar-refractivity contribution in [3.63, 3.8) is 0 Å². The smallest absolute Gasteiger partial charge is 0.256 e. The summed E-state index contributed by atoms with van der Waals surface area (Å²) in [6.07, 6.45) is 2.82. The number of para-hydroxylation sites is 1. The predicted octanol–water partition coefficient (Wildman–Crippen LogP) is 4.27. The van der Waals surface area contributed by atoms with Crippen molar-refractivity contribution in [3.8, 4) is 5.75 Å². The largest absolute Gasteiger partial charge is 0.491 e. The first-order valence-electron chi connectivity index (χ1n) is 12.3. The van der Waals surface area contributed by atoms with Gasteiger partial charge < -0.3 is 19.3 Å². The lowest BCUT2D eigenvalue weighted by atomic mass is 9.90. The summed E-state index contributed by atoms with van der Waals surface area (Å²) in [6.45, 7) is 3.98. The number of carbonyl (C=O) groups is 2. The first-order chi connectivity index (χ1) is 16.9. The standard InChI is InChI=1S/C27H32ClFN2O4/c1-2-30-14-16-34-24-12-4-3-8-20(24)9-5-6-13-27(26(30)33)19-31(15-17-35-27)25(32)18-21-22(28)10-7-11-23(21)29/h3-4,7-8,10-12H,2,5-6,9,13-19H2,1H3. The van der Waals surface area contributed by atoms with Gasteiger partial charge in [0.05, 0.1) is 26.1 Å². The monoisotopic (exact) mass is 502 g/mol. The number of ether oxygens (including phenoxy) is 2. The van der Waals surface area contributed by atoms with Crippen molar-refractivity contribution < 1.29 is 23.5 Å². The Labute approximate surface area is 210 Å². The Bertz CT molecular complexity index is 1040. The molecule has 2 aromatic rings. The lowest BCUT2D eigenvalue weighted by molar-refractivity contribution is -0.176. The van der Waals surface area contributed by atoms with Crippen LogP contribution < -0.4 is 4.74 Å². The van der Waals surface area contributed by atoms with Crippen LogP contribution in [0.4, 0.5) is 4.39 Å². The van der Waals surface area contributed by atoms with E-state index in [1.807, 2.05) is 25.1 Å². The minimum Gasteiger partial charge on any atom is -0.491 e. The molecule has 2 aliphatic heterocycles. The minimum atomic E-state index is -1.12. The molecular weight excluding hydrogens is 471 g/mol. The highest BCUT2D eigenvalue weighted by molar-refractivity contribution is 6.31. The highest BCUT2D eigenvalue weighted by Gasteiger charge is 2.46. The van der Waals surface area contributed by atoms with Gasteiger partial charge in [-0.15, -0.1) is 0 Å². The van der Waals surface area contributed by atoms with E-state index in [-0.39, 0.29) is 42.0 Å². The number of carbonyl (C=O) groups excluding carboxylic acids is 2. The van der Waals surface area contributed by atoms with E-state index in [0.717, 1.165) is 30.6 Å². The maximum absolute atomic E-state index is 14.3. The highest BCUT2D eigenvalue weighted by atomic mass is 35.5. The molecule has 0 saturated carbocycles. The molecule has 0 aliphatic carbocycles. The van der Waals surface area contributed by atoms with Crippen molar-refractivity contribution in [2.24, 2.45) is 0 Å². The van der Waals surface area contributed by atoms with Crippen LogP contribution in [0, 0.1) is 5.82 Å². The van der Waals surface area contributed by atoms with Crippen molar-refractivity contribution in [1.29, 1.82) is 0 Å². The molecule has 0 aromatic heterocycles. The lowest BCUT2D eigenvalue weighted by Gasteiger charge is -2.44. The highest BCUT2D eigenvalue weighted by Crippen LogP contribution is 2.30. The van der Waals surface area contributed by atoms with Crippen LogP contribution in [0.15, 0.2) is 42.5 Å². The zero-order chi connectivity index (χ0) is 24.8. The summed E-state index contributed by atoms with van der Waals surface area (Å²) in [5.41, 5.74) is 0.206. The first-order valence-corrected chi connectivity index (χ1v) is 12.7. The first kappa shape index (κ1) is 25.5. The predicted molar refractivity (Wildman–Crippen MR) is 132 cm³/mol. The number of aryl methyl sites for hydroxylation is 1. The molecule has 1 unspecified atom stereocenters. The fraction of sp³-hybridized carbons (Fsp3) is 0.481. The molecule has 0 bridgehead atoms. The van der Waals surface area contributed by atoms with Crippen LogP contribution in [0.3, 0.4) is 0 Å². The van der Waals surface area contributed by atoms with Gasteiger partial charge in [0.1, 0.15) is 18.2 Å². The van der Waals surface area contributed by atoms with Gasteiger partial charge >= 0.3 is 0 Å². The second kappa shape index (κ2) is 11.4. The average Bonchev–Trinajstić information content (AvgIpc) is 2.86. The van der Waals surface area contributed by atoms with Gasteiger partial charge in [-0.05, 0) is 56.4 Å². The fourth-order valence-corrected chi connectivity index (χ4v) is 5.11. The Morgan fingerprint density at radius 2 is 1.94 bits per heavy atom. The van der Waals surface area contributed by atoms with E-state index in [0.29, 0.717) is 32.7 Å². The SMILES string of the molecule is CCN1CCOc2ccccc2CCCCC2(CN(C(=O)Cc3c(F)cccc3Cl)CCO2)C1=O. The molecule has 4 rings (SSSR count). The average molecular weight is 503 g/mol. The zero-order valence-corrected chi connectivity index (χ0v) is 20.9. The normalized spacial score (nSPS) is 21.6. The van der Waals surface area contributed by atoms with Gasteiger partial charge in [0.2, 0.25) is 5.91 Å². The maximum Gasteiger partial charge on any atom is 0.256 e. The van der Waals surface area contributed by atoms with Gasteiger partial charge in [-0.1, -0.05) is 35.9 Å². The quantitative estimate of drug-likeness (QED) is 0.629. The van der Waals surface area contributed by atoms with E-state index in [4.69, 9.17) is 21.1 Å². The van der Waals surface area contributed by atoms with Crippen LogP contribution in [0.5, 0.6) is 5.75 Å². The summed E-state index contributed by atoms with van der Waals surface area (Å²) in [4.78, 5) is 30.3. The van der Waals surface area contributed by atoms with Gasteiger partial charge in [-0.2, -0.15) is 0 Å². The number of rotatable bonds is 3. The second-order valence-electron chi connectivity index (χ2n) is 9.08.